The first-order valence-corrected chi connectivity index (χ1v) is 10.6. The minimum atomic E-state index is -0.0145. The fourth-order valence-corrected chi connectivity index (χ4v) is 4.76. The number of rotatable bonds is 3. The maximum Gasteiger partial charge on any atom is 0.101 e. The highest BCUT2D eigenvalue weighted by atomic mass is 35.5. The third-order valence-corrected chi connectivity index (χ3v) is 6.71. The van der Waals surface area contributed by atoms with E-state index in [-0.39, 0.29) is 5.60 Å². The molecule has 1 unspecified atom stereocenters. The second kappa shape index (κ2) is 7.78. The van der Waals surface area contributed by atoms with Crippen LogP contribution in [-0.4, -0.2) is 25.3 Å². The Morgan fingerprint density at radius 3 is 2.46 bits per heavy atom. The minimum absolute atomic E-state index is 0.0145. The first kappa shape index (κ1) is 19.3. The Labute approximate surface area is 172 Å². The van der Waals surface area contributed by atoms with E-state index in [9.17, 15) is 0 Å². The molecule has 0 radical (unpaired) electrons. The van der Waals surface area contributed by atoms with Crippen LogP contribution in [0.1, 0.15) is 61.6 Å². The standard InChI is InChI=1S/C24H27ClN2O/c1-17(2)18-5-7-22(8-6-18)27-11-9-24(10-12-27)14-21(16-28-24)19-3-4-20(15-26)23(25)13-19/h3-8,13,17,21H,9-12,14,16H2,1-2H3. The molecule has 146 valence electrons. The van der Waals surface area contributed by atoms with Gasteiger partial charge in [-0.15, -0.1) is 0 Å². The largest absolute Gasteiger partial charge is 0.374 e. The number of anilines is 1. The van der Waals surface area contributed by atoms with Gasteiger partial charge in [-0.1, -0.05) is 43.6 Å². The van der Waals surface area contributed by atoms with Gasteiger partial charge < -0.3 is 9.64 Å². The van der Waals surface area contributed by atoms with Crippen LogP contribution >= 0.6 is 11.6 Å². The van der Waals surface area contributed by atoms with E-state index < -0.39 is 0 Å². The molecular formula is C24H27ClN2O. The molecule has 28 heavy (non-hydrogen) atoms. The van der Waals surface area contributed by atoms with Crippen LogP contribution < -0.4 is 4.90 Å². The first-order chi connectivity index (χ1) is 13.5. The SMILES string of the molecule is CC(C)c1ccc(N2CCC3(CC2)CC(c2ccc(C#N)c(Cl)c2)CO3)cc1. The van der Waals surface area contributed by atoms with Gasteiger partial charge in [-0.25, -0.2) is 0 Å². The average Bonchev–Trinajstić information content (AvgIpc) is 3.12. The predicted octanol–water partition coefficient (Wildman–Crippen LogP) is 5.88. The van der Waals surface area contributed by atoms with Gasteiger partial charge in [0.25, 0.3) is 0 Å². The Hall–Kier alpha value is -2.02. The molecule has 4 rings (SSSR count). The van der Waals surface area contributed by atoms with Crippen molar-refractivity contribution in [1.82, 2.24) is 0 Å². The van der Waals surface area contributed by atoms with Gasteiger partial charge in [-0.3, -0.25) is 0 Å². The van der Waals surface area contributed by atoms with Gasteiger partial charge in [0.2, 0.25) is 0 Å². The molecule has 1 spiro atoms. The third kappa shape index (κ3) is 3.77. The molecular weight excluding hydrogens is 368 g/mol. The fraction of sp³-hybridized carbons (Fsp3) is 0.458. The molecule has 0 bridgehead atoms. The molecule has 0 amide bonds. The topological polar surface area (TPSA) is 36.3 Å². The van der Waals surface area contributed by atoms with Crippen molar-refractivity contribution < 1.29 is 4.74 Å². The first-order valence-electron chi connectivity index (χ1n) is 10.2. The highest BCUT2D eigenvalue weighted by Gasteiger charge is 2.43. The van der Waals surface area contributed by atoms with Crippen LogP contribution in [0.15, 0.2) is 42.5 Å². The van der Waals surface area contributed by atoms with E-state index in [0.717, 1.165) is 39.0 Å². The number of hydrogen-bond donors (Lipinski definition) is 0. The lowest BCUT2D eigenvalue weighted by Gasteiger charge is -2.40. The van der Waals surface area contributed by atoms with E-state index in [1.54, 1.807) is 0 Å². The number of nitrogens with zero attached hydrogens (tertiary/aromatic N) is 2. The zero-order valence-corrected chi connectivity index (χ0v) is 17.4. The monoisotopic (exact) mass is 394 g/mol. The molecule has 2 saturated heterocycles. The van der Waals surface area contributed by atoms with Crippen molar-refractivity contribution >= 4 is 17.3 Å². The van der Waals surface area contributed by atoms with Gasteiger partial charge in [0, 0.05) is 24.7 Å². The Kier molecular flexibility index (Phi) is 5.36. The average molecular weight is 395 g/mol. The van der Waals surface area contributed by atoms with Gasteiger partial charge in [0.15, 0.2) is 0 Å². The Balaban J connectivity index is 1.39. The van der Waals surface area contributed by atoms with Crippen LogP contribution in [0.25, 0.3) is 0 Å². The molecule has 0 saturated carbocycles. The molecule has 2 aliphatic heterocycles. The van der Waals surface area contributed by atoms with Crippen LogP contribution in [0.2, 0.25) is 5.02 Å². The molecule has 0 aliphatic carbocycles. The van der Waals surface area contributed by atoms with Crippen LogP contribution in [-0.2, 0) is 4.74 Å². The molecule has 1 atom stereocenters. The van der Waals surface area contributed by atoms with Crippen molar-refractivity contribution in [3.8, 4) is 6.07 Å². The van der Waals surface area contributed by atoms with Crippen LogP contribution in [0.4, 0.5) is 5.69 Å². The van der Waals surface area contributed by atoms with Crippen molar-refractivity contribution in [3.63, 3.8) is 0 Å². The lowest BCUT2D eigenvalue weighted by atomic mass is 9.83. The number of benzene rings is 2. The van der Waals surface area contributed by atoms with Gasteiger partial charge >= 0.3 is 0 Å². The summed E-state index contributed by atoms with van der Waals surface area (Å²) in [5.41, 5.74) is 4.41. The van der Waals surface area contributed by atoms with E-state index in [1.165, 1.54) is 16.8 Å². The summed E-state index contributed by atoms with van der Waals surface area (Å²) in [4.78, 5) is 2.48. The van der Waals surface area contributed by atoms with E-state index in [4.69, 9.17) is 21.6 Å². The Morgan fingerprint density at radius 1 is 1.14 bits per heavy atom. The second-order valence-corrected chi connectivity index (χ2v) is 8.89. The molecule has 2 aliphatic rings. The third-order valence-electron chi connectivity index (χ3n) is 6.39. The van der Waals surface area contributed by atoms with E-state index in [2.05, 4.69) is 49.1 Å². The minimum Gasteiger partial charge on any atom is -0.374 e. The number of nitriles is 1. The molecule has 2 heterocycles. The Bertz CT molecular complexity index is 876. The van der Waals surface area contributed by atoms with Gasteiger partial charge in [0.05, 0.1) is 22.8 Å². The quantitative estimate of drug-likeness (QED) is 0.652. The summed E-state index contributed by atoms with van der Waals surface area (Å²) in [5, 5.41) is 9.61. The smallest absolute Gasteiger partial charge is 0.101 e. The summed E-state index contributed by atoms with van der Waals surface area (Å²) in [6.45, 7) is 7.26. The lowest BCUT2D eigenvalue weighted by molar-refractivity contribution is -0.0148. The summed E-state index contributed by atoms with van der Waals surface area (Å²) in [6, 6.07) is 16.9. The normalized spacial score (nSPS) is 21.2. The van der Waals surface area contributed by atoms with Gasteiger partial charge in [-0.05, 0) is 60.6 Å². The lowest BCUT2D eigenvalue weighted by Crippen LogP contribution is -2.44. The Morgan fingerprint density at radius 2 is 1.86 bits per heavy atom. The molecule has 3 nitrogen and oxygen atoms in total. The van der Waals surface area contributed by atoms with Gasteiger partial charge in [0.1, 0.15) is 6.07 Å². The van der Waals surface area contributed by atoms with Crippen molar-refractivity contribution in [2.45, 2.75) is 50.5 Å². The predicted molar refractivity (Wildman–Crippen MR) is 114 cm³/mol. The summed E-state index contributed by atoms with van der Waals surface area (Å²) < 4.78 is 6.34. The maximum atomic E-state index is 9.07. The van der Waals surface area contributed by atoms with Crippen LogP contribution in [0.5, 0.6) is 0 Å². The number of ether oxygens (including phenoxy) is 1. The van der Waals surface area contributed by atoms with Crippen molar-refractivity contribution in [1.29, 1.82) is 5.26 Å². The molecule has 2 aromatic carbocycles. The highest BCUT2D eigenvalue weighted by Crippen LogP contribution is 2.43. The van der Waals surface area contributed by atoms with Crippen molar-refractivity contribution in [2.24, 2.45) is 0 Å². The van der Waals surface area contributed by atoms with Crippen LogP contribution in [0.3, 0.4) is 0 Å². The second-order valence-electron chi connectivity index (χ2n) is 8.48. The zero-order chi connectivity index (χ0) is 19.7. The number of hydrogen-bond acceptors (Lipinski definition) is 3. The zero-order valence-electron chi connectivity index (χ0n) is 16.6. The van der Waals surface area contributed by atoms with Gasteiger partial charge in [-0.2, -0.15) is 5.26 Å². The maximum absolute atomic E-state index is 9.07. The highest BCUT2D eigenvalue weighted by molar-refractivity contribution is 6.31. The van der Waals surface area contributed by atoms with E-state index in [1.807, 2.05) is 18.2 Å². The summed E-state index contributed by atoms with van der Waals surface area (Å²) >= 11 is 6.23. The molecule has 0 N–H and O–H groups in total. The molecule has 2 fully saturated rings. The number of piperidine rings is 1. The summed E-state index contributed by atoms with van der Waals surface area (Å²) in [6.07, 6.45) is 3.15. The molecule has 2 aromatic rings. The fourth-order valence-electron chi connectivity index (χ4n) is 4.53. The van der Waals surface area contributed by atoms with E-state index >= 15 is 0 Å². The summed E-state index contributed by atoms with van der Waals surface area (Å²) in [7, 11) is 0. The van der Waals surface area contributed by atoms with Crippen LogP contribution in [0, 0.1) is 11.3 Å². The van der Waals surface area contributed by atoms with E-state index in [0.29, 0.717) is 22.4 Å². The summed E-state index contributed by atoms with van der Waals surface area (Å²) in [5.74, 6) is 0.931. The molecule has 0 aromatic heterocycles. The molecule has 4 heteroatoms. The number of halogens is 1. The van der Waals surface area contributed by atoms with Crippen molar-refractivity contribution in [2.75, 3.05) is 24.6 Å². The van der Waals surface area contributed by atoms with Crippen molar-refractivity contribution in [3.05, 3.63) is 64.2 Å².